The maximum absolute atomic E-state index is 11.8. The molecule has 92 valence electrons. The molecule has 1 aromatic rings. The van der Waals surface area contributed by atoms with Crippen molar-refractivity contribution in [1.29, 1.82) is 0 Å². The number of rotatable bonds is 6. The first-order valence-corrected chi connectivity index (χ1v) is 5.06. The van der Waals surface area contributed by atoms with Gasteiger partial charge < -0.3 is 15.5 Å². The Hall–Kier alpha value is -1.01. The molecule has 0 saturated heterocycles. The maximum atomic E-state index is 11.8. The molecule has 0 spiro atoms. The molecule has 6 heteroatoms. The maximum Gasteiger partial charge on any atom is 0.389 e. The average molecular weight is 236 g/mol. The summed E-state index contributed by atoms with van der Waals surface area (Å²) in [5.41, 5.74) is 5.35. The zero-order chi connectivity index (χ0) is 12.0. The molecule has 1 aromatic heterocycles. The van der Waals surface area contributed by atoms with Crippen LogP contribution in [-0.4, -0.2) is 12.7 Å². The number of hydrogen-bond donors (Lipinski definition) is 2. The molecule has 0 fully saturated rings. The first-order valence-electron chi connectivity index (χ1n) is 5.06. The highest BCUT2D eigenvalue weighted by molar-refractivity contribution is 5.06. The molecule has 1 rings (SSSR count). The van der Waals surface area contributed by atoms with Crippen LogP contribution >= 0.6 is 0 Å². The van der Waals surface area contributed by atoms with Crippen LogP contribution in [0.2, 0.25) is 0 Å². The van der Waals surface area contributed by atoms with E-state index in [-0.39, 0.29) is 6.42 Å². The number of furan rings is 1. The normalized spacial score (nSPS) is 12.0. The van der Waals surface area contributed by atoms with Crippen molar-refractivity contribution in [3.63, 3.8) is 0 Å². The molecule has 0 atom stereocenters. The van der Waals surface area contributed by atoms with Crippen molar-refractivity contribution in [2.75, 3.05) is 6.54 Å². The zero-order valence-corrected chi connectivity index (χ0v) is 8.81. The summed E-state index contributed by atoms with van der Waals surface area (Å²) in [7, 11) is 0. The van der Waals surface area contributed by atoms with Gasteiger partial charge in [-0.25, -0.2) is 0 Å². The molecule has 0 amide bonds. The lowest BCUT2D eigenvalue weighted by Gasteiger charge is -2.06. The molecule has 0 radical (unpaired) electrons. The van der Waals surface area contributed by atoms with E-state index >= 15 is 0 Å². The van der Waals surface area contributed by atoms with Crippen LogP contribution in [0.3, 0.4) is 0 Å². The molecule has 16 heavy (non-hydrogen) atoms. The molecule has 0 aliphatic heterocycles. The summed E-state index contributed by atoms with van der Waals surface area (Å²) >= 11 is 0. The predicted octanol–water partition coefficient (Wildman–Crippen LogP) is 2.17. The Bertz CT molecular complexity index is 309. The Morgan fingerprint density at radius 3 is 2.50 bits per heavy atom. The summed E-state index contributed by atoms with van der Waals surface area (Å²) in [6.07, 6.45) is -4.75. The second-order valence-electron chi connectivity index (χ2n) is 3.47. The fourth-order valence-electron chi connectivity index (χ4n) is 1.25. The van der Waals surface area contributed by atoms with E-state index in [1.807, 2.05) is 0 Å². The fourth-order valence-corrected chi connectivity index (χ4v) is 1.25. The minimum atomic E-state index is -4.07. The zero-order valence-electron chi connectivity index (χ0n) is 8.81. The Balaban J connectivity index is 2.11. The number of hydrogen-bond acceptors (Lipinski definition) is 3. The van der Waals surface area contributed by atoms with E-state index in [1.165, 1.54) is 0 Å². The highest BCUT2D eigenvalue weighted by Gasteiger charge is 2.25. The average Bonchev–Trinajstić information content (AvgIpc) is 2.63. The summed E-state index contributed by atoms with van der Waals surface area (Å²) in [4.78, 5) is 0. The Kier molecular flexibility index (Phi) is 4.82. The summed E-state index contributed by atoms with van der Waals surface area (Å²) < 4.78 is 40.7. The van der Waals surface area contributed by atoms with E-state index in [4.69, 9.17) is 10.2 Å². The van der Waals surface area contributed by atoms with Gasteiger partial charge in [0.05, 0.1) is 13.1 Å². The molecule has 3 N–H and O–H groups in total. The molecular weight excluding hydrogens is 221 g/mol. The fraction of sp³-hybridized carbons (Fsp3) is 0.600. The molecule has 0 saturated carbocycles. The first-order chi connectivity index (χ1) is 7.51. The van der Waals surface area contributed by atoms with Crippen LogP contribution in [0.1, 0.15) is 24.4 Å². The van der Waals surface area contributed by atoms with E-state index in [0.29, 0.717) is 31.2 Å². The lowest BCUT2D eigenvalue weighted by Crippen LogP contribution is -2.17. The van der Waals surface area contributed by atoms with Gasteiger partial charge in [-0.3, -0.25) is 0 Å². The van der Waals surface area contributed by atoms with Crippen LogP contribution in [0, 0.1) is 0 Å². The highest BCUT2D eigenvalue weighted by atomic mass is 19.4. The van der Waals surface area contributed by atoms with E-state index in [1.54, 1.807) is 12.1 Å². The molecule has 0 aromatic carbocycles. The number of halogens is 3. The van der Waals surface area contributed by atoms with Crippen LogP contribution in [0.25, 0.3) is 0 Å². The third-order valence-corrected chi connectivity index (χ3v) is 2.03. The molecule has 0 aliphatic carbocycles. The van der Waals surface area contributed by atoms with E-state index in [0.717, 1.165) is 0 Å². The van der Waals surface area contributed by atoms with Gasteiger partial charge in [0, 0.05) is 6.42 Å². The summed E-state index contributed by atoms with van der Waals surface area (Å²) in [5, 5.41) is 2.88. The van der Waals surface area contributed by atoms with E-state index < -0.39 is 12.6 Å². The molecular formula is C10H15F3N2O. The molecule has 0 bridgehead atoms. The molecule has 0 unspecified atom stereocenters. The smallest absolute Gasteiger partial charge is 0.389 e. The standard InChI is InChI=1S/C10H15F3N2O/c11-10(12,13)4-1-5-15-7-9-3-2-8(6-14)16-9/h2-3,15H,1,4-7,14H2. The number of nitrogens with one attached hydrogen (secondary N) is 1. The van der Waals surface area contributed by atoms with Crippen LogP contribution in [0.4, 0.5) is 13.2 Å². The van der Waals surface area contributed by atoms with Crippen molar-refractivity contribution in [3.8, 4) is 0 Å². The van der Waals surface area contributed by atoms with Crippen LogP contribution in [0.5, 0.6) is 0 Å². The quantitative estimate of drug-likeness (QED) is 0.744. The van der Waals surface area contributed by atoms with Gasteiger partial charge in [0.1, 0.15) is 11.5 Å². The topological polar surface area (TPSA) is 51.2 Å². The van der Waals surface area contributed by atoms with Crippen molar-refractivity contribution in [3.05, 3.63) is 23.7 Å². The highest BCUT2D eigenvalue weighted by Crippen LogP contribution is 2.20. The minimum Gasteiger partial charge on any atom is -0.463 e. The van der Waals surface area contributed by atoms with Crippen LogP contribution in [0.15, 0.2) is 16.5 Å². The van der Waals surface area contributed by atoms with Crippen molar-refractivity contribution in [2.45, 2.75) is 32.1 Å². The Morgan fingerprint density at radius 1 is 1.25 bits per heavy atom. The van der Waals surface area contributed by atoms with Gasteiger partial charge in [0.25, 0.3) is 0 Å². The van der Waals surface area contributed by atoms with Gasteiger partial charge >= 0.3 is 6.18 Å². The van der Waals surface area contributed by atoms with Crippen molar-refractivity contribution in [1.82, 2.24) is 5.32 Å². The van der Waals surface area contributed by atoms with Gasteiger partial charge in [-0.2, -0.15) is 13.2 Å². The van der Waals surface area contributed by atoms with Gasteiger partial charge in [0.15, 0.2) is 0 Å². The lowest BCUT2D eigenvalue weighted by molar-refractivity contribution is -0.135. The van der Waals surface area contributed by atoms with Gasteiger partial charge in [-0.15, -0.1) is 0 Å². The van der Waals surface area contributed by atoms with Gasteiger partial charge in [-0.05, 0) is 25.1 Å². The number of alkyl halides is 3. The largest absolute Gasteiger partial charge is 0.463 e. The first kappa shape index (κ1) is 13.1. The lowest BCUT2D eigenvalue weighted by atomic mass is 10.3. The summed E-state index contributed by atoms with van der Waals surface area (Å²) in [6, 6.07) is 3.52. The van der Waals surface area contributed by atoms with E-state index in [2.05, 4.69) is 5.32 Å². The minimum absolute atomic E-state index is 0.0773. The molecule has 0 aliphatic rings. The van der Waals surface area contributed by atoms with Crippen molar-refractivity contribution < 1.29 is 17.6 Å². The van der Waals surface area contributed by atoms with E-state index in [9.17, 15) is 13.2 Å². The summed E-state index contributed by atoms with van der Waals surface area (Å²) in [5.74, 6) is 1.36. The SMILES string of the molecule is NCc1ccc(CNCCCC(F)(F)F)o1. The molecule has 1 heterocycles. The van der Waals surface area contributed by atoms with Crippen LogP contribution in [-0.2, 0) is 13.1 Å². The van der Waals surface area contributed by atoms with Crippen molar-refractivity contribution in [2.24, 2.45) is 5.73 Å². The Morgan fingerprint density at radius 2 is 1.94 bits per heavy atom. The second-order valence-corrected chi connectivity index (χ2v) is 3.47. The third-order valence-electron chi connectivity index (χ3n) is 2.03. The second kappa shape index (κ2) is 5.91. The monoisotopic (exact) mass is 236 g/mol. The predicted molar refractivity (Wildman–Crippen MR) is 53.6 cm³/mol. The summed E-state index contributed by atoms with van der Waals surface area (Å²) in [6.45, 7) is 1.07. The van der Waals surface area contributed by atoms with Gasteiger partial charge in [-0.1, -0.05) is 0 Å². The number of nitrogens with two attached hydrogens (primary N) is 1. The van der Waals surface area contributed by atoms with Gasteiger partial charge in [0.2, 0.25) is 0 Å². The van der Waals surface area contributed by atoms with Crippen LogP contribution < -0.4 is 11.1 Å². The molecule has 3 nitrogen and oxygen atoms in total. The third kappa shape index (κ3) is 5.18. The van der Waals surface area contributed by atoms with Crippen molar-refractivity contribution >= 4 is 0 Å². The Labute approximate surface area is 91.8 Å².